The van der Waals surface area contributed by atoms with Crippen LogP contribution in [0.5, 0.6) is 0 Å². The molecule has 0 unspecified atom stereocenters. The Bertz CT molecular complexity index is 404. The second-order valence-corrected chi connectivity index (χ2v) is 5.22. The first-order valence-corrected chi connectivity index (χ1v) is 6.23. The van der Waals surface area contributed by atoms with Crippen molar-refractivity contribution in [2.45, 2.75) is 26.7 Å². The van der Waals surface area contributed by atoms with E-state index in [1.165, 1.54) is 12.4 Å². The predicted octanol–water partition coefficient (Wildman–Crippen LogP) is 2.04. The van der Waals surface area contributed by atoms with Crippen LogP contribution >= 0.6 is 0 Å². The van der Waals surface area contributed by atoms with Gasteiger partial charge in [-0.05, 0) is 18.3 Å². The molecule has 0 aliphatic rings. The third kappa shape index (κ3) is 5.65. The molecule has 0 saturated carbocycles. The third-order valence-electron chi connectivity index (χ3n) is 2.74. The average molecular weight is 267 g/mol. The highest BCUT2D eigenvalue weighted by atomic mass is 16.5. The van der Waals surface area contributed by atoms with Crippen molar-refractivity contribution < 1.29 is 14.6 Å². The Labute approximate surface area is 113 Å². The van der Waals surface area contributed by atoms with Gasteiger partial charge in [0.1, 0.15) is 5.82 Å². The normalized spacial score (nSPS) is 11.3. The number of aromatic nitrogens is 2. The Morgan fingerprint density at radius 3 is 2.68 bits per heavy atom. The van der Waals surface area contributed by atoms with Crippen LogP contribution in [0.2, 0.25) is 0 Å². The highest BCUT2D eigenvalue weighted by Crippen LogP contribution is 2.22. The Kier molecular flexibility index (Phi) is 5.69. The Morgan fingerprint density at radius 1 is 1.42 bits per heavy atom. The van der Waals surface area contributed by atoms with Crippen molar-refractivity contribution in [1.29, 1.82) is 0 Å². The number of carbonyl (C=O) groups is 1. The summed E-state index contributed by atoms with van der Waals surface area (Å²) >= 11 is 0. The van der Waals surface area contributed by atoms with Gasteiger partial charge in [-0.25, -0.2) is 14.8 Å². The van der Waals surface area contributed by atoms with Crippen LogP contribution in [0.1, 0.15) is 37.2 Å². The van der Waals surface area contributed by atoms with Gasteiger partial charge in [0.05, 0.1) is 19.0 Å². The topological polar surface area (TPSA) is 84.3 Å². The fourth-order valence-corrected chi connectivity index (χ4v) is 1.78. The molecule has 0 amide bonds. The summed E-state index contributed by atoms with van der Waals surface area (Å²) in [6, 6.07) is 0. The summed E-state index contributed by atoms with van der Waals surface area (Å²) in [5, 5.41) is 11.8. The molecule has 2 N–H and O–H groups in total. The van der Waals surface area contributed by atoms with Gasteiger partial charge in [0.2, 0.25) is 0 Å². The van der Waals surface area contributed by atoms with Crippen LogP contribution in [0.25, 0.3) is 0 Å². The molecule has 0 aliphatic carbocycles. The maximum absolute atomic E-state index is 10.6. The standard InChI is InChI=1S/C13H21N3O3/c1-13(2,9-19-3)5-4-6-14-11-8-15-10(7-16-11)12(17)18/h7-8H,4-6,9H2,1-3H3,(H,14,16)(H,17,18). The number of nitrogens with zero attached hydrogens (tertiary/aromatic N) is 2. The van der Waals surface area contributed by atoms with Gasteiger partial charge >= 0.3 is 5.97 Å². The van der Waals surface area contributed by atoms with Gasteiger partial charge in [0.25, 0.3) is 0 Å². The number of nitrogens with one attached hydrogen (secondary N) is 1. The molecule has 0 saturated heterocycles. The summed E-state index contributed by atoms with van der Waals surface area (Å²) in [5.74, 6) is -0.477. The molecule has 1 aromatic heterocycles. The van der Waals surface area contributed by atoms with Gasteiger partial charge in [-0.15, -0.1) is 0 Å². The molecule has 0 radical (unpaired) electrons. The van der Waals surface area contributed by atoms with Crippen LogP contribution in [0.3, 0.4) is 0 Å². The lowest BCUT2D eigenvalue weighted by molar-refractivity contribution is 0.0690. The molecule has 1 heterocycles. The van der Waals surface area contributed by atoms with Crippen LogP contribution in [0.15, 0.2) is 12.4 Å². The zero-order chi connectivity index (χ0) is 14.3. The highest BCUT2D eigenvalue weighted by Gasteiger charge is 2.16. The third-order valence-corrected chi connectivity index (χ3v) is 2.74. The molecule has 1 aromatic rings. The van der Waals surface area contributed by atoms with Crippen molar-refractivity contribution in [3.8, 4) is 0 Å². The van der Waals surface area contributed by atoms with Crippen molar-refractivity contribution in [2.24, 2.45) is 5.41 Å². The van der Waals surface area contributed by atoms with Gasteiger partial charge in [-0.1, -0.05) is 13.8 Å². The maximum Gasteiger partial charge on any atom is 0.356 e. The van der Waals surface area contributed by atoms with Gasteiger partial charge in [-0.2, -0.15) is 0 Å². The Balaban J connectivity index is 2.31. The molecule has 106 valence electrons. The van der Waals surface area contributed by atoms with E-state index >= 15 is 0 Å². The lowest BCUT2D eigenvalue weighted by Gasteiger charge is -2.23. The molecule has 0 spiro atoms. The van der Waals surface area contributed by atoms with Crippen LogP contribution in [-0.2, 0) is 4.74 Å². The summed E-state index contributed by atoms with van der Waals surface area (Å²) in [6.07, 6.45) is 4.70. The summed E-state index contributed by atoms with van der Waals surface area (Å²) in [6.45, 7) is 5.84. The predicted molar refractivity (Wildman–Crippen MR) is 72.4 cm³/mol. The fourth-order valence-electron chi connectivity index (χ4n) is 1.78. The summed E-state index contributed by atoms with van der Waals surface area (Å²) in [5.41, 5.74) is 0.113. The van der Waals surface area contributed by atoms with Crippen molar-refractivity contribution >= 4 is 11.8 Å². The average Bonchev–Trinajstić information content (AvgIpc) is 2.35. The monoisotopic (exact) mass is 267 g/mol. The summed E-state index contributed by atoms with van der Waals surface area (Å²) in [4.78, 5) is 18.4. The number of hydrogen-bond acceptors (Lipinski definition) is 5. The molecule has 6 nitrogen and oxygen atoms in total. The van der Waals surface area contributed by atoms with E-state index in [9.17, 15) is 4.79 Å². The zero-order valence-corrected chi connectivity index (χ0v) is 11.6. The molecule has 6 heteroatoms. The number of ether oxygens (including phenoxy) is 1. The fraction of sp³-hybridized carbons (Fsp3) is 0.615. The summed E-state index contributed by atoms with van der Waals surface area (Å²) < 4.78 is 5.16. The molecule has 0 aliphatic heterocycles. The molecular weight excluding hydrogens is 246 g/mol. The van der Waals surface area contributed by atoms with E-state index in [2.05, 4.69) is 29.1 Å². The molecule has 0 aromatic carbocycles. The number of aromatic carboxylic acids is 1. The zero-order valence-electron chi connectivity index (χ0n) is 11.6. The Hall–Kier alpha value is -1.69. The van der Waals surface area contributed by atoms with E-state index in [4.69, 9.17) is 9.84 Å². The van der Waals surface area contributed by atoms with E-state index in [1.54, 1.807) is 7.11 Å². The second kappa shape index (κ2) is 7.04. The number of carboxylic acid groups (broad SMARTS) is 1. The van der Waals surface area contributed by atoms with Crippen molar-refractivity contribution in [2.75, 3.05) is 25.6 Å². The van der Waals surface area contributed by atoms with E-state index in [0.29, 0.717) is 5.82 Å². The van der Waals surface area contributed by atoms with Crippen molar-refractivity contribution in [1.82, 2.24) is 9.97 Å². The van der Waals surface area contributed by atoms with Crippen LogP contribution in [0.4, 0.5) is 5.82 Å². The first kappa shape index (κ1) is 15.4. The molecular formula is C13H21N3O3. The first-order valence-electron chi connectivity index (χ1n) is 6.23. The number of methoxy groups -OCH3 is 1. The summed E-state index contributed by atoms with van der Waals surface area (Å²) in [7, 11) is 1.71. The molecule has 0 bridgehead atoms. The number of hydrogen-bond donors (Lipinski definition) is 2. The van der Waals surface area contributed by atoms with Crippen molar-refractivity contribution in [3.05, 3.63) is 18.1 Å². The van der Waals surface area contributed by atoms with E-state index in [0.717, 1.165) is 26.0 Å². The highest BCUT2D eigenvalue weighted by molar-refractivity contribution is 5.84. The van der Waals surface area contributed by atoms with Crippen LogP contribution < -0.4 is 5.32 Å². The molecule has 0 fully saturated rings. The van der Waals surface area contributed by atoms with Gasteiger partial charge in [0, 0.05) is 13.7 Å². The lowest BCUT2D eigenvalue weighted by atomic mass is 9.89. The molecule has 0 atom stereocenters. The van der Waals surface area contributed by atoms with Crippen molar-refractivity contribution in [3.63, 3.8) is 0 Å². The van der Waals surface area contributed by atoms with Gasteiger partial charge < -0.3 is 15.2 Å². The molecule has 1 rings (SSSR count). The van der Waals surface area contributed by atoms with E-state index in [1.807, 2.05) is 0 Å². The largest absolute Gasteiger partial charge is 0.476 e. The minimum Gasteiger partial charge on any atom is -0.476 e. The number of anilines is 1. The van der Waals surface area contributed by atoms with Crippen LogP contribution in [0, 0.1) is 5.41 Å². The van der Waals surface area contributed by atoms with Crippen LogP contribution in [-0.4, -0.2) is 41.3 Å². The smallest absolute Gasteiger partial charge is 0.356 e. The Morgan fingerprint density at radius 2 is 2.16 bits per heavy atom. The number of carboxylic acids is 1. The van der Waals surface area contributed by atoms with E-state index in [-0.39, 0.29) is 11.1 Å². The maximum atomic E-state index is 10.6. The minimum absolute atomic E-state index is 0.0493. The first-order chi connectivity index (χ1) is 8.94. The van der Waals surface area contributed by atoms with E-state index < -0.39 is 5.97 Å². The number of rotatable bonds is 8. The quantitative estimate of drug-likeness (QED) is 0.701. The SMILES string of the molecule is COCC(C)(C)CCCNc1cnc(C(=O)O)cn1. The lowest BCUT2D eigenvalue weighted by Crippen LogP contribution is -2.19. The van der Waals surface area contributed by atoms with Gasteiger partial charge in [0.15, 0.2) is 5.69 Å². The molecule has 19 heavy (non-hydrogen) atoms. The second-order valence-electron chi connectivity index (χ2n) is 5.22. The minimum atomic E-state index is -1.07. The van der Waals surface area contributed by atoms with Gasteiger partial charge in [-0.3, -0.25) is 0 Å².